The maximum atomic E-state index is 13.2. The van der Waals surface area contributed by atoms with Crippen LogP contribution in [0.4, 0.5) is 0 Å². The van der Waals surface area contributed by atoms with Crippen LogP contribution in [0.1, 0.15) is 52.6 Å². The minimum Gasteiger partial charge on any atom is -0.496 e. The third-order valence-corrected chi connectivity index (χ3v) is 4.70. The van der Waals surface area contributed by atoms with Crippen LogP contribution in [0.15, 0.2) is 36.4 Å². The van der Waals surface area contributed by atoms with Crippen molar-refractivity contribution >= 4 is 11.8 Å². The molecule has 3 rings (SSSR count). The Morgan fingerprint density at radius 3 is 2.52 bits per heavy atom. The van der Waals surface area contributed by atoms with E-state index in [0.717, 1.165) is 5.56 Å². The fraction of sp³-hybridized carbons (Fsp3) is 0.364. The molecule has 0 aliphatic carbocycles. The van der Waals surface area contributed by atoms with Gasteiger partial charge in [-0.25, -0.2) is 5.01 Å². The fourth-order valence-corrected chi connectivity index (χ4v) is 3.19. The number of hydrogen-bond acceptors (Lipinski definition) is 5. The van der Waals surface area contributed by atoms with Gasteiger partial charge in [0.1, 0.15) is 11.5 Å². The highest BCUT2D eigenvalue weighted by Gasteiger charge is 2.32. The van der Waals surface area contributed by atoms with Gasteiger partial charge >= 0.3 is 0 Å². The first kappa shape index (κ1) is 20.7. The summed E-state index contributed by atoms with van der Waals surface area (Å²) in [6.07, 6.45) is 0. The molecule has 0 fully saturated rings. The van der Waals surface area contributed by atoms with Crippen molar-refractivity contribution in [1.29, 1.82) is 0 Å². The quantitative estimate of drug-likeness (QED) is 0.802. The smallest absolute Gasteiger partial charge is 0.276 e. The number of nitrogens with zero attached hydrogens (tertiary/aromatic N) is 1. The van der Waals surface area contributed by atoms with Gasteiger partial charge in [-0.2, -0.15) is 0 Å². The molecule has 0 spiro atoms. The van der Waals surface area contributed by atoms with Crippen LogP contribution in [-0.2, 0) is 11.3 Å². The Morgan fingerprint density at radius 1 is 1.10 bits per heavy atom. The van der Waals surface area contributed by atoms with Crippen molar-refractivity contribution in [3.05, 3.63) is 58.7 Å². The molecule has 0 aromatic heterocycles. The average molecular weight is 398 g/mol. The molecule has 0 saturated heterocycles. The maximum absolute atomic E-state index is 13.2. The van der Waals surface area contributed by atoms with Crippen molar-refractivity contribution in [2.24, 2.45) is 0 Å². The number of hydrogen-bond donors (Lipinski definition) is 1. The fourth-order valence-electron chi connectivity index (χ4n) is 3.19. The number of benzene rings is 2. The van der Waals surface area contributed by atoms with Crippen molar-refractivity contribution in [3.63, 3.8) is 0 Å². The highest BCUT2D eigenvalue weighted by atomic mass is 16.7. The number of hydrazine groups is 1. The van der Waals surface area contributed by atoms with Crippen LogP contribution in [-0.4, -0.2) is 36.3 Å². The lowest BCUT2D eigenvalue weighted by molar-refractivity contribution is -0.0169. The van der Waals surface area contributed by atoms with E-state index >= 15 is 0 Å². The summed E-state index contributed by atoms with van der Waals surface area (Å²) in [5.41, 5.74) is 4.51. The molecule has 154 valence electrons. The van der Waals surface area contributed by atoms with Gasteiger partial charge in [0, 0.05) is 16.7 Å². The van der Waals surface area contributed by atoms with E-state index in [2.05, 4.69) is 5.43 Å². The van der Waals surface area contributed by atoms with Crippen LogP contribution in [0.25, 0.3) is 0 Å². The molecule has 0 radical (unpaired) electrons. The van der Waals surface area contributed by atoms with Crippen LogP contribution in [0.2, 0.25) is 0 Å². The molecule has 1 aliphatic rings. The molecule has 7 heteroatoms. The summed E-state index contributed by atoms with van der Waals surface area (Å²) in [7, 11) is 1.51. The second-order valence-corrected chi connectivity index (χ2v) is 7.79. The molecule has 0 unspecified atom stereocenters. The zero-order valence-corrected chi connectivity index (χ0v) is 17.4. The minimum atomic E-state index is -0.667. The monoisotopic (exact) mass is 398 g/mol. The van der Waals surface area contributed by atoms with Crippen molar-refractivity contribution in [3.8, 4) is 11.5 Å². The van der Waals surface area contributed by atoms with E-state index < -0.39 is 11.4 Å². The molecule has 1 N–H and O–H groups in total. The number of amides is 2. The second kappa shape index (κ2) is 8.13. The molecule has 0 atom stereocenters. The molecule has 7 nitrogen and oxygen atoms in total. The first-order valence-electron chi connectivity index (χ1n) is 9.35. The number of carbonyl (C=O) groups excluding carboxylic acids is 2. The Bertz CT molecular complexity index is 933. The number of para-hydroxylation sites is 1. The van der Waals surface area contributed by atoms with Gasteiger partial charge in [0.2, 0.25) is 0 Å². The first-order chi connectivity index (χ1) is 13.7. The standard InChI is InChI=1S/C22H26N2O5/c1-14-16(11-10-15-12-28-13-29-19(14)15)20(25)23-24(22(2,3)4)21(26)17-8-6-7-9-18(17)27-5/h6-11H,12-13H2,1-5H3,(H,23,25). The molecule has 1 aliphatic heterocycles. The van der Waals surface area contributed by atoms with E-state index in [0.29, 0.717) is 34.8 Å². The van der Waals surface area contributed by atoms with Crippen LogP contribution in [0, 0.1) is 6.92 Å². The molecule has 0 saturated carbocycles. The average Bonchev–Trinajstić information content (AvgIpc) is 2.71. The summed E-state index contributed by atoms with van der Waals surface area (Å²) >= 11 is 0. The normalized spacial score (nSPS) is 13.1. The lowest BCUT2D eigenvalue weighted by Crippen LogP contribution is -2.56. The zero-order chi connectivity index (χ0) is 21.2. The highest BCUT2D eigenvalue weighted by Crippen LogP contribution is 2.30. The summed E-state index contributed by atoms with van der Waals surface area (Å²) in [5.74, 6) is 0.351. The van der Waals surface area contributed by atoms with Crippen LogP contribution < -0.4 is 14.9 Å². The Hall–Kier alpha value is -3.06. The molecular formula is C22H26N2O5. The van der Waals surface area contributed by atoms with E-state index in [9.17, 15) is 9.59 Å². The molecule has 2 aromatic rings. The van der Waals surface area contributed by atoms with Crippen molar-refractivity contribution in [2.75, 3.05) is 13.9 Å². The van der Waals surface area contributed by atoms with Gasteiger partial charge in [-0.15, -0.1) is 0 Å². The van der Waals surface area contributed by atoms with Crippen molar-refractivity contribution in [1.82, 2.24) is 10.4 Å². The second-order valence-electron chi connectivity index (χ2n) is 7.79. The predicted octanol–water partition coefficient (Wildman–Crippen LogP) is 3.46. The third-order valence-electron chi connectivity index (χ3n) is 4.70. The van der Waals surface area contributed by atoms with Crippen LogP contribution in [0.5, 0.6) is 11.5 Å². The topological polar surface area (TPSA) is 77.1 Å². The third kappa shape index (κ3) is 4.19. The van der Waals surface area contributed by atoms with Crippen LogP contribution >= 0.6 is 0 Å². The summed E-state index contributed by atoms with van der Waals surface area (Å²) in [6, 6.07) is 10.4. The molecular weight excluding hydrogens is 372 g/mol. The van der Waals surface area contributed by atoms with E-state index in [1.54, 1.807) is 36.4 Å². The summed E-state index contributed by atoms with van der Waals surface area (Å²) in [4.78, 5) is 26.3. The molecule has 2 amide bonds. The Morgan fingerprint density at radius 2 is 1.83 bits per heavy atom. The molecule has 2 aromatic carbocycles. The molecule has 29 heavy (non-hydrogen) atoms. The summed E-state index contributed by atoms with van der Waals surface area (Å²) in [5, 5.41) is 1.33. The Kier molecular flexibility index (Phi) is 5.79. The van der Waals surface area contributed by atoms with Gasteiger partial charge in [0.15, 0.2) is 6.79 Å². The van der Waals surface area contributed by atoms with Gasteiger partial charge in [-0.3, -0.25) is 15.0 Å². The Labute approximate surface area is 170 Å². The predicted molar refractivity (Wildman–Crippen MR) is 108 cm³/mol. The van der Waals surface area contributed by atoms with Crippen LogP contribution in [0.3, 0.4) is 0 Å². The van der Waals surface area contributed by atoms with Gasteiger partial charge in [0.05, 0.1) is 24.8 Å². The molecule has 1 heterocycles. The number of rotatable bonds is 3. The van der Waals surface area contributed by atoms with Crippen molar-refractivity contribution in [2.45, 2.75) is 39.8 Å². The van der Waals surface area contributed by atoms with Crippen molar-refractivity contribution < 1.29 is 23.8 Å². The summed E-state index contributed by atoms with van der Waals surface area (Å²) in [6.45, 7) is 7.96. The van der Waals surface area contributed by atoms with E-state index in [4.69, 9.17) is 14.2 Å². The highest BCUT2D eigenvalue weighted by molar-refractivity contribution is 6.01. The summed E-state index contributed by atoms with van der Waals surface area (Å²) < 4.78 is 16.2. The van der Waals surface area contributed by atoms with Gasteiger partial charge in [-0.1, -0.05) is 18.2 Å². The van der Waals surface area contributed by atoms with E-state index in [-0.39, 0.29) is 12.7 Å². The SMILES string of the molecule is COc1ccccc1C(=O)N(NC(=O)c1ccc2c(c1C)OCOC2)C(C)(C)C. The zero-order valence-electron chi connectivity index (χ0n) is 17.4. The van der Waals surface area contributed by atoms with E-state index in [1.165, 1.54) is 12.1 Å². The first-order valence-corrected chi connectivity index (χ1v) is 9.35. The number of ether oxygens (including phenoxy) is 3. The minimum absolute atomic E-state index is 0.152. The lowest BCUT2D eigenvalue weighted by atomic mass is 10.0. The van der Waals surface area contributed by atoms with Gasteiger partial charge < -0.3 is 14.2 Å². The number of methoxy groups -OCH3 is 1. The van der Waals surface area contributed by atoms with Gasteiger partial charge in [-0.05, 0) is 45.9 Å². The largest absolute Gasteiger partial charge is 0.496 e. The number of fused-ring (bicyclic) bond motifs is 1. The lowest BCUT2D eigenvalue weighted by Gasteiger charge is -2.36. The van der Waals surface area contributed by atoms with E-state index in [1.807, 2.05) is 27.7 Å². The van der Waals surface area contributed by atoms with Gasteiger partial charge in [0.25, 0.3) is 11.8 Å². The molecule has 0 bridgehead atoms. The number of nitrogens with one attached hydrogen (secondary N) is 1. The maximum Gasteiger partial charge on any atom is 0.276 e. The number of carbonyl (C=O) groups is 2. The Balaban J connectivity index is 1.92.